The molecule has 0 saturated carbocycles. The maximum Gasteiger partial charge on any atom is 0.0399 e. The van der Waals surface area contributed by atoms with Crippen LogP contribution in [0, 0.1) is 13.8 Å². The van der Waals surface area contributed by atoms with Gasteiger partial charge in [-0.3, -0.25) is 4.90 Å². The van der Waals surface area contributed by atoms with Crippen molar-refractivity contribution in [3.63, 3.8) is 0 Å². The lowest BCUT2D eigenvalue weighted by Crippen LogP contribution is -2.46. The first-order valence-corrected chi connectivity index (χ1v) is 8.35. The summed E-state index contributed by atoms with van der Waals surface area (Å²) in [6.45, 7) is 10.4. The van der Waals surface area contributed by atoms with E-state index in [0.29, 0.717) is 0 Å². The fourth-order valence-corrected chi connectivity index (χ4v) is 3.09. The molecular formula is C17H27ClN2. The van der Waals surface area contributed by atoms with Crippen LogP contribution in [0.1, 0.15) is 30.4 Å². The molecule has 20 heavy (non-hydrogen) atoms. The second-order valence-electron chi connectivity index (χ2n) is 5.80. The molecule has 1 aliphatic rings. The van der Waals surface area contributed by atoms with Crippen LogP contribution >= 0.6 is 11.6 Å². The summed E-state index contributed by atoms with van der Waals surface area (Å²) in [7, 11) is 0. The smallest absolute Gasteiger partial charge is 0.0399 e. The van der Waals surface area contributed by atoms with Crippen molar-refractivity contribution in [2.75, 3.05) is 43.5 Å². The van der Waals surface area contributed by atoms with Crippen molar-refractivity contribution in [1.82, 2.24) is 4.90 Å². The summed E-state index contributed by atoms with van der Waals surface area (Å²) in [5, 5.41) is 0. The Balaban J connectivity index is 1.80. The molecule has 1 aliphatic heterocycles. The molecule has 0 aliphatic carbocycles. The number of benzene rings is 1. The molecule has 1 saturated heterocycles. The maximum atomic E-state index is 5.72. The zero-order valence-electron chi connectivity index (χ0n) is 12.9. The average Bonchev–Trinajstić information content (AvgIpc) is 2.47. The van der Waals surface area contributed by atoms with Crippen LogP contribution < -0.4 is 4.90 Å². The summed E-state index contributed by atoms with van der Waals surface area (Å²) >= 11 is 5.72. The molecule has 0 bridgehead atoms. The molecule has 0 spiro atoms. The van der Waals surface area contributed by atoms with E-state index in [1.165, 1.54) is 49.3 Å². The number of hydrogen-bond donors (Lipinski definition) is 0. The lowest BCUT2D eigenvalue weighted by molar-refractivity contribution is 0.252. The van der Waals surface area contributed by atoms with Gasteiger partial charge in [-0.15, -0.1) is 11.6 Å². The molecule has 0 radical (unpaired) electrons. The number of halogens is 1. The summed E-state index contributed by atoms with van der Waals surface area (Å²) < 4.78 is 0. The van der Waals surface area contributed by atoms with E-state index < -0.39 is 0 Å². The second-order valence-corrected chi connectivity index (χ2v) is 6.18. The monoisotopic (exact) mass is 294 g/mol. The molecular weight excluding hydrogens is 268 g/mol. The largest absolute Gasteiger partial charge is 0.369 e. The molecule has 3 heteroatoms. The Morgan fingerprint density at radius 2 is 1.75 bits per heavy atom. The molecule has 112 valence electrons. The first kappa shape index (κ1) is 15.7. The van der Waals surface area contributed by atoms with Gasteiger partial charge in [0.15, 0.2) is 0 Å². The molecule has 0 N–H and O–H groups in total. The highest BCUT2D eigenvalue weighted by Crippen LogP contribution is 2.23. The fourth-order valence-electron chi connectivity index (χ4n) is 2.90. The number of alkyl halides is 1. The van der Waals surface area contributed by atoms with Gasteiger partial charge in [0.2, 0.25) is 0 Å². The minimum atomic E-state index is 0.806. The van der Waals surface area contributed by atoms with Crippen LogP contribution in [0.4, 0.5) is 5.69 Å². The standard InChI is InChI=1S/C17H27ClN2/c1-15-7-6-8-17(16(15)2)20-13-11-19(12-14-20)10-5-3-4-9-18/h6-8H,3-5,9-14H2,1-2H3. The van der Waals surface area contributed by atoms with Gasteiger partial charge < -0.3 is 4.90 Å². The van der Waals surface area contributed by atoms with Crippen molar-refractivity contribution in [3.05, 3.63) is 29.3 Å². The number of anilines is 1. The highest BCUT2D eigenvalue weighted by molar-refractivity contribution is 6.17. The van der Waals surface area contributed by atoms with Crippen LogP contribution in [-0.4, -0.2) is 43.5 Å². The summed E-state index contributed by atoms with van der Waals surface area (Å²) in [5.74, 6) is 0.806. The Bertz CT molecular complexity index is 411. The minimum absolute atomic E-state index is 0.806. The van der Waals surface area contributed by atoms with Gasteiger partial charge in [-0.1, -0.05) is 18.6 Å². The summed E-state index contributed by atoms with van der Waals surface area (Å²) in [4.78, 5) is 5.13. The first-order chi connectivity index (χ1) is 9.72. The zero-order chi connectivity index (χ0) is 14.4. The predicted molar refractivity (Wildman–Crippen MR) is 89.1 cm³/mol. The van der Waals surface area contributed by atoms with Crippen molar-refractivity contribution in [3.8, 4) is 0 Å². The third-order valence-electron chi connectivity index (χ3n) is 4.40. The third-order valence-corrected chi connectivity index (χ3v) is 4.66. The number of piperazine rings is 1. The Morgan fingerprint density at radius 3 is 2.45 bits per heavy atom. The molecule has 1 heterocycles. The van der Waals surface area contributed by atoms with E-state index in [1.807, 2.05) is 0 Å². The van der Waals surface area contributed by atoms with Gasteiger partial charge in [-0.05, 0) is 50.4 Å². The molecule has 1 aromatic carbocycles. The quantitative estimate of drug-likeness (QED) is 0.581. The van der Waals surface area contributed by atoms with E-state index in [2.05, 4.69) is 41.8 Å². The van der Waals surface area contributed by atoms with Gasteiger partial charge in [0.1, 0.15) is 0 Å². The predicted octanol–water partition coefficient (Wildman–Crippen LogP) is 3.83. The van der Waals surface area contributed by atoms with Crippen LogP contribution in [-0.2, 0) is 0 Å². The van der Waals surface area contributed by atoms with Crippen molar-refractivity contribution in [2.24, 2.45) is 0 Å². The van der Waals surface area contributed by atoms with E-state index in [-0.39, 0.29) is 0 Å². The van der Waals surface area contributed by atoms with Gasteiger partial charge in [0.25, 0.3) is 0 Å². The molecule has 1 fully saturated rings. The Kier molecular flexibility index (Phi) is 6.18. The van der Waals surface area contributed by atoms with Gasteiger partial charge in [-0.25, -0.2) is 0 Å². The number of aryl methyl sites for hydroxylation is 1. The van der Waals surface area contributed by atoms with Crippen LogP contribution in [0.2, 0.25) is 0 Å². The Morgan fingerprint density at radius 1 is 1.00 bits per heavy atom. The highest BCUT2D eigenvalue weighted by Gasteiger charge is 2.18. The second kappa shape index (κ2) is 7.90. The molecule has 0 atom stereocenters. The molecule has 0 aromatic heterocycles. The van der Waals surface area contributed by atoms with Gasteiger partial charge in [0, 0.05) is 37.7 Å². The van der Waals surface area contributed by atoms with Gasteiger partial charge in [-0.2, -0.15) is 0 Å². The van der Waals surface area contributed by atoms with E-state index in [1.54, 1.807) is 0 Å². The third kappa shape index (κ3) is 4.13. The highest BCUT2D eigenvalue weighted by atomic mass is 35.5. The average molecular weight is 295 g/mol. The summed E-state index contributed by atoms with van der Waals surface area (Å²) in [6.07, 6.45) is 3.71. The molecule has 0 unspecified atom stereocenters. The van der Waals surface area contributed by atoms with Crippen molar-refractivity contribution in [1.29, 1.82) is 0 Å². The fraction of sp³-hybridized carbons (Fsp3) is 0.647. The topological polar surface area (TPSA) is 6.48 Å². The Hall–Kier alpha value is -0.730. The van der Waals surface area contributed by atoms with Gasteiger partial charge >= 0.3 is 0 Å². The first-order valence-electron chi connectivity index (χ1n) is 7.82. The van der Waals surface area contributed by atoms with E-state index in [0.717, 1.165) is 25.4 Å². The SMILES string of the molecule is Cc1cccc(N2CCN(CCCCCCl)CC2)c1C. The normalized spacial score (nSPS) is 16.6. The van der Waals surface area contributed by atoms with Crippen molar-refractivity contribution < 1.29 is 0 Å². The van der Waals surface area contributed by atoms with Crippen molar-refractivity contribution >= 4 is 17.3 Å². The minimum Gasteiger partial charge on any atom is -0.369 e. The molecule has 2 rings (SSSR count). The number of hydrogen-bond acceptors (Lipinski definition) is 2. The summed E-state index contributed by atoms with van der Waals surface area (Å²) in [6, 6.07) is 6.64. The zero-order valence-corrected chi connectivity index (χ0v) is 13.6. The molecule has 0 amide bonds. The number of nitrogens with zero attached hydrogens (tertiary/aromatic N) is 2. The van der Waals surface area contributed by atoms with Crippen LogP contribution in [0.3, 0.4) is 0 Å². The maximum absolute atomic E-state index is 5.72. The molecule has 1 aromatic rings. The van der Waals surface area contributed by atoms with E-state index in [4.69, 9.17) is 11.6 Å². The Labute approximate surface area is 128 Å². The van der Waals surface area contributed by atoms with E-state index >= 15 is 0 Å². The van der Waals surface area contributed by atoms with Crippen LogP contribution in [0.15, 0.2) is 18.2 Å². The van der Waals surface area contributed by atoms with E-state index in [9.17, 15) is 0 Å². The number of rotatable bonds is 6. The number of unbranched alkanes of at least 4 members (excludes halogenated alkanes) is 2. The lowest BCUT2D eigenvalue weighted by atomic mass is 10.1. The molecule has 2 nitrogen and oxygen atoms in total. The van der Waals surface area contributed by atoms with Crippen LogP contribution in [0.5, 0.6) is 0 Å². The lowest BCUT2D eigenvalue weighted by Gasteiger charge is -2.37. The van der Waals surface area contributed by atoms with Gasteiger partial charge in [0.05, 0.1) is 0 Å². The van der Waals surface area contributed by atoms with Crippen molar-refractivity contribution in [2.45, 2.75) is 33.1 Å². The van der Waals surface area contributed by atoms with Crippen LogP contribution in [0.25, 0.3) is 0 Å². The summed E-state index contributed by atoms with van der Waals surface area (Å²) in [5.41, 5.74) is 4.25.